The van der Waals surface area contributed by atoms with Crippen LogP contribution in [0, 0.1) is 5.92 Å². The fourth-order valence-corrected chi connectivity index (χ4v) is 3.96. The summed E-state index contributed by atoms with van der Waals surface area (Å²) in [6.45, 7) is 2.27. The van der Waals surface area contributed by atoms with E-state index in [0.29, 0.717) is 17.9 Å². The van der Waals surface area contributed by atoms with Crippen molar-refractivity contribution in [3.63, 3.8) is 0 Å². The van der Waals surface area contributed by atoms with Gasteiger partial charge in [-0.2, -0.15) is 0 Å². The first-order valence-corrected chi connectivity index (χ1v) is 8.87. The van der Waals surface area contributed by atoms with Gasteiger partial charge in [0.15, 0.2) is 0 Å². The molecule has 1 saturated carbocycles. The maximum Gasteiger partial charge on any atom is 0.310 e. The first-order valence-electron chi connectivity index (χ1n) is 8.87. The quantitative estimate of drug-likeness (QED) is 0.883. The van der Waals surface area contributed by atoms with E-state index in [-0.39, 0.29) is 17.2 Å². The van der Waals surface area contributed by atoms with E-state index in [0.717, 1.165) is 24.2 Å². The number of carbonyl (C=O) groups is 2. The highest BCUT2D eigenvalue weighted by Crippen LogP contribution is 2.60. The van der Waals surface area contributed by atoms with Crippen molar-refractivity contribution in [1.29, 1.82) is 0 Å². The minimum absolute atomic E-state index is 0.0122. The van der Waals surface area contributed by atoms with Crippen molar-refractivity contribution in [3.8, 4) is 5.75 Å². The minimum Gasteiger partial charge on any atom is -0.493 e. The van der Waals surface area contributed by atoms with Crippen LogP contribution in [0.1, 0.15) is 36.8 Å². The van der Waals surface area contributed by atoms with Crippen LogP contribution in [-0.2, 0) is 15.0 Å². The Morgan fingerprint density at radius 2 is 2.04 bits per heavy atom. The van der Waals surface area contributed by atoms with Crippen LogP contribution in [0.3, 0.4) is 0 Å². The lowest BCUT2D eigenvalue weighted by molar-refractivity contribution is -0.138. The largest absolute Gasteiger partial charge is 0.493 e. The maximum atomic E-state index is 12.8. The molecule has 3 atom stereocenters. The molecule has 0 bridgehead atoms. The van der Waals surface area contributed by atoms with E-state index in [9.17, 15) is 9.59 Å². The summed E-state index contributed by atoms with van der Waals surface area (Å²) < 4.78 is 5.72. The summed E-state index contributed by atoms with van der Waals surface area (Å²) in [6, 6.07) is 15.0. The molecule has 5 nitrogen and oxygen atoms in total. The number of carboxylic acids is 1. The Balaban J connectivity index is 1.51. The van der Waals surface area contributed by atoms with Gasteiger partial charge in [-0.1, -0.05) is 30.3 Å². The predicted octanol–water partition coefficient (Wildman–Crippen LogP) is 3.55. The van der Waals surface area contributed by atoms with Gasteiger partial charge in [0, 0.05) is 22.6 Å². The molecule has 5 heteroatoms. The lowest BCUT2D eigenvalue weighted by Gasteiger charge is -2.26. The number of carbonyl (C=O) groups excluding carboxylic acids is 1. The number of anilines is 1. The summed E-state index contributed by atoms with van der Waals surface area (Å²) in [7, 11) is 0. The predicted molar refractivity (Wildman–Crippen MR) is 97.5 cm³/mol. The van der Waals surface area contributed by atoms with Gasteiger partial charge in [-0.05, 0) is 43.5 Å². The molecular weight excluding hydrogens is 330 g/mol. The zero-order valence-corrected chi connectivity index (χ0v) is 14.6. The molecule has 1 aliphatic heterocycles. The molecule has 2 aromatic rings. The molecule has 2 aromatic carbocycles. The lowest BCUT2D eigenvalue weighted by atomic mass is 9.87. The second-order valence-corrected chi connectivity index (χ2v) is 7.18. The number of amides is 1. The topological polar surface area (TPSA) is 75.6 Å². The molecule has 134 valence electrons. The van der Waals surface area contributed by atoms with Crippen LogP contribution in [0.5, 0.6) is 5.75 Å². The molecule has 1 unspecified atom stereocenters. The molecule has 0 saturated heterocycles. The van der Waals surface area contributed by atoms with Crippen molar-refractivity contribution >= 4 is 17.6 Å². The number of hydrogen-bond donors (Lipinski definition) is 2. The highest BCUT2D eigenvalue weighted by Gasteiger charge is 2.60. The Morgan fingerprint density at radius 3 is 2.85 bits per heavy atom. The molecule has 1 spiro atoms. The van der Waals surface area contributed by atoms with Crippen molar-refractivity contribution in [2.45, 2.75) is 31.1 Å². The number of aliphatic carboxylic acids is 1. The average Bonchev–Trinajstić information content (AvgIpc) is 3.36. The molecule has 26 heavy (non-hydrogen) atoms. The molecule has 1 fully saturated rings. The summed E-state index contributed by atoms with van der Waals surface area (Å²) in [6.07, 6.45) is 1.67. The normalized spacial score (nSPS) is 24.3. The first kappa shape index (κ1) is 16.6. The van der Waals surface area contributed by atoms with Crippen LogP contribution >= 0.6 is 0 Å². The van der Waals surface area contributed by atoms with E-state index in [2.05, 4.69) is 11.4 Å². The Labute approximate surface area is 152 Å². The number of nitrogens with one attached hydrogen (secondary N) is 1. The van der Waals surface area contributed by atoms with Crippen LogP contribution in [-0.4, -0.2) is 23.6 Å². The summed E-state index contributed by atoms with van der Waals surface area (Å²) >= 11 is 0. The van der Waals surface area contributed by atoms with Gasteiger partial charge in [-0.25, -0.2) is 0 Å². The maximum absolute atomic E-state index is 12.8. The molecule has 1 aliphatic carbocycles. The van der Waals surface area contributed by atoms with Crippen LogP contribution in [0.15, 0.2) is 48.5 Å². The SMILES string of the molecule is CC(C(=O)O)c1cccc(NC(=O)[C@@H]2C[C@]23CCOc2ccccc23)c1. The van der Waals surface area contributed by atoms with Gasteiger partial charge in [-0.15, -0.1) is 0 Å². The summed E-state index contributed by atoms with van der Waals surface area (Å²) in [5, 5.41) is 12.1. The number of carboxylic acid groups (broad SMARTS) is 1. The van der Waals surface area contributed by atoms with Gasteiger partial charge in [-0.3, -0.25) is 9.59 Å². The third-order valence-corrected chi connectivity index (χ3v) is 5.65. The van der Waals surface area contributed by atoms with E-state index in [1.807, 2.05) is 18.2 Å². The van der Waals surface area contributed by atoms with Crippen molar-refractivity contribution in [3.05, 3.63) is 59.7 Å². The average molecular weight is 351 g/mol. The molecule has 1 heterocycles. The van der Waals surface area contributed by atoms with Crippen molar-refractivity contribution in [1.82, 2.24) is 0 Å². The third-order valence-electron chi connectivity index (χ3n) is 5.65. The zero-order valence-electron chi connectivity index (χ0n) is 14.6. The second kappa shape index (κ2) is 6.16. The van der Waals surface area contributed by atoms with Crippen LogP contribution < -0.4 is 10.1 Å². The number of fused-ring (bicyclic) bond motifs is 2. The lowest BCUT2D eigenvalue weighted by Crippen LogP contribution is -2.26. The highest BCUT2D eigenvalue weighted by molar-refractivity contribution is 5.96. The van der Waals surface area contributed by atoms with Crippen molar-refractivity contribution in [2.24, 2.45) is 5.92 Å². The van der Waals surface area contributed by atoms with Gasteiger partial charge in [0.2, 0.25) is 5.91 Å². The van der Waals surface area contributed by atoms with Crippen LogP contribution in [0.2, 0.25) is 0 Å². The molecule has 4 rings (SSSR count). The van der Waals surface area contributed by atoms with E-state index in [4.69, 9.17) is 9.84 Å². The van der Waals surface area contributed by atoms with E-state index in [1.165, 1.54) is 0 Å². The van der Waals surface area contributed by atoms with Crippen LogP contribution in [0.4, 0.5) is 5.69 Å². The molecular formula is C21H21NO4. The Hall–Kier alpha value is -2.82. The fraction of sp³-hybridized carbons (Fsp3) is 0.333. The van der Waals surface area contributed by atoms with Gasteiger partial charge >= 0.3 is 5.97 Å². The van der Waals surface area contributed by atoms with E-state index < -0.39 is 11.9 Å². The first-order chi connectivity index (χ1) is 12.5. The van der Waals surface area contributed by atoms with E-state index >= 15 is 0 Å². The number of benzene rings is 2. The van der Waals surface area contributed by atoms with Crippen LogP contribution in [0.25, 0.3) is 0 Å². The minimum atomic E-state index is -0.881. The second-order valence-electron chi connectivity index (χ2n) is 7.18. The zero-order chi connectivity index (χ0) is 18.3. The molecule has 1 amide bonds. The van der Waals surface area contributed by atoms with Crippen molar-refractivity contribution in [2.75, 3.05) is 11.9 Å². The molecule has 2 N–H and O–H groups in total. The third kappa shape index (κ3) is 2.73. The number of hydrogen-bond acceptors (Lipinski definition) is 3. The standard InChI is InChI=1S/C21H21NO4/c1-13(20(24)25)14-5-4-6-15(11-14)22-19(23)17-12-21(17)9-10-26-18-8-3-2-7-16(18)21/h2-8,11,13,17H,9-10,12H2,1H3,(H,22,23)(H,24,25)/t13?,17-,21-/m0/s1. The monoisotopic (exact) mass is 351 g/mol. The van der Waals surface area contributed by atoms with Gasteiger partial charge in [0.05, 0.1) is 12.5 Å². The van der Waals surface area contributed by atoms with Gasteiger partial charge < -0.3 is 15.2 Å². The summed E-state index contributed by atoms with van der Waals surface area (Å²) in [4.78, 5) is 24.0. The Morgan fingerprint density at radius 1 is 1.23 bits per heavy atom. The molecule has 2 aliphatic rings. The summed E-state index contributed by atoms with van der Waals surface area (Å²) in [5.41, 5.74) is 2.32. The van der Waals surface area contributed by atoms with Crippen molar-refractivity contribution < 1.29 is 19.4 Å². The number of rotatable bonds is 4. The molecule has 0 radical (unpaired) electrons. The number of para-hydroxylation sites is 1. The van der Waals surface area contributed by atoms with Gasteiger partial charge in [0.1, 0.15) is 5.75 Å². The Kier molecular flexibility index (Phi) is 3.94. The molecule has 0 aromatic heterocycles. The summed E-state index contributed by atoms with van der Waals surface area (Å²) in [5.74, 6) is -0.698. The Bertz CT molecular complexity index is 878. The highest BCUT2D eigenvalue weighted by atomic mass is 16.5. The number of ether oxygens (including phenoxy) is 1. The van der Waals surface area contributed by atoms with E-state index in [1.54, 1.807) is 31.2 Å². The smallest absolute Gasteiger partial charge is 0.310 e. The fourth-order valence-electron chi connectivity index (χ4n) is 3.96. The van der Waals surface area contributed by atoms with Gasteiger partial charge in [0.25, 0.3) is 0 Å².